The zero-order valence-corrected chi connectivity index (χ0v) is 6.28. The normalized spacial score (nSPS) is 10.4. The molecule has 0 atom stereocenters. The van der Waals surface area contributed by atoms with Crippen molar-refractivity contribution in [1.82, 2.24) is 4.81 Å². The molecule has 48 valence electrons. The lowest BCUT2D eigenvalue weighted by Crippen LogP contribution is -2.20. The first-order valence-corrected chi connectivity index (χ1v) is 3.49. The summed E-state index contributed by atoms with van der Waals surface area (Å²) in [4.78, 5) is 2.34. The molecule has 0 heterocycles. The van der Waals surface area contributed by atoms with E-state index in [9.17, 15) is 0 Å². The standard InChI is InChI=1S/C6H16BN/c1-3-5-6-8(7)4-2/h3-7H2,1-2H3. The van der Waals surface area contributed by atoms with Gasteiger partial charge < -0.3 is 4.81 Å². The second-order valence-electron chi connectivity index (χ2n) is 2.25. The number of rotatable bonds is 4. The largest absolute Gasteiger partial charge is 0.349 e. The van der Waals surface area contributed by atoms with Crippen LogP contribution in [0.1, 0.15) is 26.7 Å². The van der Waals surface area contributed by atoms with Gasteiger partial charge in [0.25, 0.3) is 0 Å². The van der Waals surface area contributed by atoms with E-state index in [0.29, 0.717) is 0 Å². The van der Waals surface area contributed by atoms with E-state index in [4.69, 9.17) is 0 Å². The molecule has 8 heavy (non-hydrogen) atoms. The molecule has 0 aliphatic carbocycles. The van der Waals surface area contributed by atoms with Crippen molar-refractivity contribution in [2.45, 2.75) is 26.7 Å². The lowest BCUT2D eigenvalue weighted by atomic mass is 10.2. The molecule has 0 unspecified atom stereocenters. The average molecular weight is 113 g/mol. The van der Waals surface area contributed by atoms with E-state index >= 15 is 0 Å². The molecule has 0 aromatic heterocycles. The van der Waals surface area contributed by atoms with E-state index in [-0.39, 0.29) is 0 Å². The van der Waals surface area contributed by atoms with Crippen LogP contribution in [-0.2, 0) is 0 Å². The summed E-state index contributed by atoms with van der Waals surface area (Å²) in [6.07, 6.45) is 2.65. The maximum absolute atomic E-state index is 2.34. The fourth-order valence-electron chi connectivity index (χ4n) is 0.586. The number of unbranched alkanes of at least 4 members (excludes halogenated alkanes) is 1. The molecule has 0 amide bonds. The van der Waals surface area contributed by atoms with Crippen LogP contribution in [0, 0.1) is 0 Å². The first kappa shape index (κ1) is 8.02. The van der Waals surface area contributed by atoms with E-state index in [1.54, 1.807) is 0 Å². The molecule has 0 rings (SSSR count). The predicted molar refractivity (Wildman–Crippen MR) is 40.7 cm³/mol. The predicted octanol–water partition coefficient (Wildman–Crippen LogP) is 0.656. The Morgan fingerprint density at radius 2 is 2.00 bits per heavy atom. The molecule has 0 saturated heterocycles. The summed E-state index contributed by atoms with van der Waals surface area (Å²) in [5, 5.41) is 0. The number of hydrogen-bond donors (Lipinski definition) is 0. The van der Waals surface area contributed by atoms with Crippen LogP contribution in [-0.4, -0.2) is 25.9 Å². The number of nitrogens with zero attached hydrogens (tertiary/aromatic N) is 1. The molecular formula is C6H16BN. The lowest BCUT2D eigenvalue weighted by Gasteiger charge is -2.11. The second kappa shape index (κ2) is 5.17. The maximum atomic E-state index is 2.34. The van der Waals surface area contributed by atoms with Gasteiger partial charge in [0.05, 0.1) is 0 Å². The maximum Gasteiger partial charge on any atom is 0.185 e. The highest BCUT2D eigenvalue weighted by Gasteiger charge is 1.89. The molecule has 0 fully saturated rings. The zero-order chi connectivity index (χ0) is 6.41. The van der Waals surface area contributed by atoms with Crippen molar-refractivity contribution in [2.75, 3.05) is 13.1 Å². The van der Waals surface area contributed by atoms with Gasteiger partial charge in [-0.2, -0.15) is 0 Å². The third-order valence-corrected chi connectivity index (χ3v) is 1.43. The van der Waals surface area contributed by atoms with Crippen LogP contribution in [0.3, 0.4) is 0 Å². The van der Waals surface area contributed by atoms with Crippen LogP contribution in [0.5, 0.6) is 0 Å². The fourth-order valence-corrected chi connectivity index (χ4v) is 0.586. The monoisotopic (exact) mass is 113 g/mol. The van der Waals surface area contributed by atoms with Crippen molar-refractivity contribution < 1.29 is 0 Å². The molecule has 0 bridgehead atoms. The first-order valence-electron chi connectivity index (χ1n) is 3.49. The summed E-state index contributed by atoms with van der Waals surface area (Å²) in [6.45, 7) is 6.85. The van der Waals surface area contributed by atoms with Gasteiger partial charge in [0.15, 0.2) is 7.98 Å². The van der Waals surface area contributed by atoms with Crippen LogP contribution in [0.4, 0.5) is 0 Å². The number of hydrogen-bond acceptors (Lipinski definition) is 1. The van der Waals surface area contributed by atoms with Crippen LogP contribution in [0.15, 0.2) is 0 Å². The summed E-state index contributed by atoms with van der Waals surface area (Å²) in [5.41, 5.74) is 0. The molecule has 2 heteroatoms. The van der Waals surface area contributed by atoms with Gasteiger partial charge in [0.2, 0.25) is 0 Å². The molecule has 0 radical (unpaired) electrons. The summed E-state index contributed by atoms with van der Waals surface area (Å²) in [7, 11) is 2.16. The van der Waals surface area contributed by atoms with Gasteiger partial charge in [-0.25, -0.2) is 0 Å². The molecule has 0 aromatic rings. The van der Waals surface area contributed by atoms with Gasteiger partial charge in [0.1, 0.15) is 0 Å². The molecule has 0 saturated carbocycles. The molecule has 0 aliphatic heterocycles. The molecule has 0 spiro atoms. The Kier molecular flexibility index (Phi) is 5.18. The van der Waals surface area contributed by atoms with Gasteiger partial charge in [-0.05, 0) is 19.5 Å². The van der Waals surface area contributed by atoms with Crippen LogP contribution in [0.25, 0.3) is 0 Å². The minimum Gasteiger partial charge on any atom is -0.349 e. The van der Waals surface area contributed by atoms with Crippen molar-refractivity contribution >= 4 is 7.98 Å². The highest BCUT2D eigenvalue weighted by Crippen LogP contribution is 1.88. The van der Waals surface area contributed by atoms with Gasteiger partial charge in [-0.15, -0.1) is 0 Å². The Hall–Kier alpha value is 0.0249. The minimum atomic E-state index is 1.18. The fraction of sp³-hybridized carbons (Fsp3) is 1.00. The quantitative estimate of drug-likeness (QED) is 0.484. The summed E-state index contributed by atoms with van der Waals surface area (Å²) < 4.78 is 0. The van der Waals surface area contributed by atoms with Crippen molar-refractivity contribution in [1.29, 1.82) is 0 Å². The van der Waals surface area contributed by atoms with E-state index < -0.39 is 0 Å². The van der Waals surface area contributed by atoms with Crippen LogP contribution in [0.2, 0.25) is 0 Å². The third-order valence-electron chi connectivity index (χ3n) is 1.43. The van der Waals surface area contributed by atoms with Crippen molar-refractivity contribution in [3.8, 4) is 0 Å². The van der Waals surface area contributed by atoms with E-state index in [1.807, 2.05) is 0 Å². The second-order valence-corrected chi connectivity index (χ2v) is 2.25. The SMILES string of the molecule is BN(CC)CCCC. The van der Waals surface area contributed by atoms with Crippen LogP contribution >= 0.6 is 0 Å². The topological polar surface area (TPSA) is 3.24 Å². The molecule has 1 nitrogen and oxygen atoms in total. The van der Waals surface area contributed by atoms with Gasteiger partial charge in [-0.1, -0.05) is 20.3 Å². The Morgan fingerprint density at radius 3 is 2.38 bits per heavy atom. The molecule has 0 aliphatic rings. The Bertz CT molecular complexity index is 47.8. The van der Waals surface area contributed by atoms with Crippen molar-refractivity contribution in [3.05, 3.63) is 0 Å². The average Bonchev–Trinajstić information content (AvgIpc) is 1.83. The Labute approximate surface area is 53.5 Å². The van der Waals surface area contributed by atoms with E-state index in [2.05, 4.69) is 26.6 Å². The van der Waals surface area contributed by atoms with E-state index in [1.165, 1.54) is 25.9 Å². The molecule has 0 N–H and O–H groups in total. The highest BCUT2D eigenvalue weighted by molar-refractivity contribution is 6.04. The lowest BCUT2D eigenvalue weighted by molar-refractivity contribution is 0.462. The molecule has 0 aromatic carbocycles. The zero-order valence-electron chi connectivity index (χ0n) is 6.28. The van der Waals surface area contributed by atoms with E-state index in [0.717, 1.165) is 0 Å². The minimum absolute atomic E-state index is 1.18. The highest BCUT2D eigenvalue weighted by atomic mass is 15.0. The first-order chi connectivity index (χ1) is 3.81. The third kappa shape index (κ3) is 4.19. The summed E-state index contributed by atoms with van der Waals surface area (Å²) in [5.74, 6) is 0. The van der Waals surface area contributed by atoms with Gasteiger partial charge in [0, 0.05) is 0 Å². The Balaban J connectivity index is 2.86. The van der Waals surface area contributed by atoms with Crippen molar-refractivity contribution in [2.24, 2.45) is 0 Å². The van der Waals surface area contributed by atoms with Crippen LogP contribution < -0.4 is 0 Å². The van der Waals surface area contributed by atoms with Gasteiger partial charge >= 0.3 is 0 Å². The smallest absolute Gasteiger partial charge is 0.185 e. The van der Waals surface area contributed by atoms with Gasteiger partial charge in [-0.3, -0.25) is 0 Å². The summed E-state index contributed by atoms with van der Waals surface area (Å²) in [6, 6.07) is 0. The summed E-state index contributed by atoms with van der Waals surface area (Å²) >= 11 is 0. The molecular weight excluding hydrogens is 96.9 g/mol. The van der Waals surface area contributed by atoms with Crippen molar-refractivity contribution in [3.63, 3.8) is 0 Å². The Morgan fingerprint density at radius 1 is 1.38 bits per heavy atom.